The van der Waals surface area contributed by atoms with Crippen LogP contribution < -0.4 is 4.74 Å². The molecule has 0 radical (unpaired) electrons. The van der Waals surface area contributed by atoms with E-state index in [-0.39, 0.29) is 0 Å². The van der Waals surface area contributed by atoms with E-state index in [0.717, 1.165) is 11.0 Å². The highest BCUT2D eigenvalue weighted by molar-refractivity contribution is 7.71. The second kappa shape index (κ2) is 4.28. The van der Waals surface area contributed by atoms with Crippen molar-refractivity contribution in [1.29, 1.82) is 0 Å². The zero-order valence-corrected chi connectivity index (χ0v) is 8.92. The number of hydrogen-bond donors (Lipinski definition) is 0. The molecule has 0 spiro atoms. The summed E-state index contributed by atoms with van der Waals surface area (Å²) in [6.45, 7) is 4.01. The number of benzene rings is 1. The van der Waals surface area contributed by atoms with Gasteiger partial charge in [-0.3, -0.25) is 0 Å². The Morgan fingerprint density at radius 1 is 1.40 bits per heavy atom. The zero-order chi connectivity index (χ0) is 10.7. The van der Waals surface area contributed by atoms with E-state index in [1.54, 1.807) is 6.08 Å². The molecule has 15 heavy (non-hydrogen) atoms. The number of para-hydroxylation sites is 1. The van der Waals surface area contributed by atoms with E-state index >= 15 is 0 Å². The van der Waals surface area contributed by atoms with E-state index in [1.807, 2.05) is 30.3 Å². The summed E-state index contributed by atoms with van der Waals surface area (Å²) in [4.78, 5) is 0. The van der Waals surface area contributed by atoms with Gasteiger partial charge in [-0.25, -0.2) is 0 Å². The summed E-state index contributed by atoms with van der Waals surface area (Å²) in [5, 5.41) is 0.977. The summed E-state index contributed by atoms with van der Waals surface area (Å²) >= 11 is 5.07. The smallest absolute Gasteiger partial charge is 0.232 e. The average molecular weight is 218 g/mol. The summed E-state index contributed by atoms with van der Waals surface area (Å²) in [6, 6.07) is 9.56. The van der Waals surface area contributed by atoms with Crippen molar-refractivity contribution in [2.75, 3.05) is 6.61 Å². The Kier molecular flexibility index (Phi) is 2.83. The minimum Gasteiger partial charge on any atom is -0.485 e. The fourth-order valence-corrected chi connectivity index (χ4v) is 1.50. The van der Waals surface area contributed by atoms with Gasteiger partial charge in [0.15, 0.2) is 5.75 Å². The maximum atomic E-state index is 5.45. The van der Waals surface area contributed by atoms with Gasteiger partial charge in [-0.2, -0.15) is 0 Å². The summed E-state index contributed by atoms with van der Waals surface area (Å²) < 4.78 is 11.2. The molecule has 0 N–H and O–H groups in total. The van der Waals surface area contributed by atoms with Gasteiger partial charge in [0.1, 0.15) is 12.2 Å². The van der Waals surface area contributed by atoms with E-state index in [1.165, 1.54) is 0 Å². The highest BCUT2D eigenvalue weighted by Crippen LogP contribution is 2.22. The lowest BCUT2D eigenvalue weighted by atomic mass is 10.2. The third-order valence-corrected chi connectivity index (χ3v) is 2.25. The second-order valence-electron chi connectivity index (χ2n) is 3.04. The zero-order valence-electron chi connectivity index (χ0n) is 8.10. The van der Waals surface area contributed by atoms with E-state index < -0.39 is 0 Å². The summed E-state index contributed by atoms with van der Waals surface area (Å²) in [6.07, 6.45) is 1.67. The summed E-state index contributed by atoms with van der Waals surface area (Å²) in [5.41, 5.74) is 0.772. The molecule has 2 rings (SSSR count). The van der Waals surface area contributed by atoms with Crippen molar-refractivity contribution < 1.29 is 9.15 Å². The number of fused-ring (bicyclic) bond motifs is 1. The van der Waals surface area contributed by atoms with Crippen LogP contribution in [0.3, 0.4) is 0 Å². The molecule has 3 heteroatoms. The Hall–Kier alpha value is -1.61. The third-order valence-electron chi connectivity index (χ3n) is 1.97. The van der Waals surface area contributed by atoms with E-state index in [9.17, 15) is 0 Å². The van der Waals surface area contributed by atoms with Crippen molar-refractivity contribution in [1.82, 2.24) is 0 Å². The second-order valence-corrected chi connectivity index (χ2v) is 3.41. The molecule has 1 aromatic heterocycles. The minimum absolute atomic E-state index is 0.371. The Morgan fingerprint density at radius 3 is 3.00 bits per heavy atom. The Bertz CT molecular complexity index is 543. The van der Waals surface area contributed by atoms with Crippen molar-refractivity contribution in [2.45, 2.75) is 0 Å². The van der Waals surface area contributed by atoms with Crippen molar-refractivity contribution in [3.63, 3.8) is 0 Å². The molecule has 0 atom stereocenters. The van der Waals surface area contributed by atoms with Crippen LogP contribution in [0.4, 0.5) is 0 Å². The molecule has 0 fully saturated rings. The van der Waals surface area contributed by atoms with Gasteiger partial charge in [0.25, 0.3) is 0 Å². The molecule has 0 saturated carbocycles. The fraction of sp³-hybridized carbons (Fsp3) is 0.0833. The van der Waals surface area contributed by atoms with E-state index in [0.29, 0.717) is 17.1 Å². The Balaban J connectivity index is 2.52. The highest BCUT2D eigenvalue weighted by atomic mass is 32.1. The molecule has 0 saturated heterocycles. The number of ether oxygens (including phenoxy) is 1. The lowest BCUT2D eigenvalue weighted by molar-refractivity contribution is 0.348. The predicted octanol–water partition coefficient (Wildman–Crippen LogP) is 3.73. The van der Waals surface area contributed by atoms with Gasteiger partial charge in [0, 0.05) is 5.39 Å². The van der Waals surface area contributed by atoms with E-state index in [2.05, 4.69) is 6.58 Å². The Morgan fingerprint density at radius 2 is 2.20 bits per heavy atom. The van der Waals surface area contributed by atoms with Crippen molar-refractivity contribution in [3.8, 4) is 5.75 Å². The molecule has 0 aliphatic rings. The molecule has 0 aliphatic heterocycles. The molecule has 1 aromatic carbocycles. The van der Waals surface area contributed by atoms with Crippen LogP contribution in [0.2, 0.25) is 0 Å². The quantitative estimate of drug-likeness (QED) is 0.579. The summed E-state index contributed by atoms with van der Waals surface area (Å²) in [7, 11) is 0. The molecule has 2 nitrogen and oxygen atoms in total. The molecule has 0 aliphatic carbocycles. The average Bonchev–Trinajstić information content (AvgIpc) is 2.26. The molecule has 0 unspecified atom stereocenters. The lowest BCUT2D eigenvalue weighted by Crippen LogP contribution is -1.93. The SMILES string of the molecule is C=CCOc1cc2ccccc2oc1=S. The normalized spacial score (nSPS) is 10.1. The molecular formula is C12H10O2S. The van der Waals surface area contributed by atoms with Crippen LogP contribution in [0.1, 0.15) is 0 Å². The first-order valence-electron chi connectivity index (χ1n) is 4.58. The first-order chi connectivity index (χ1) is 7.31. The van der Waals surface area contributed by atoms with Crippen molar-refractivity contribution >= 4 is 23.2 Å². The maximum absolute atomic E-state index is 5.45. The molecule has 0 amide bonds. The van der Waals surface area contributed by atoms with Gasteiger partial charge < -0.3 is 9.15 Å². The molecular weight excluding hydrogens is 208 g/mol. The first kappa shape index (κ1) is 9.93. The number of rotatable bonds is 3. The maximum Gasteiger partial charge on any atom is 0.232 e. The van der Waals surface area contributed by atoms with Gasteiger partial charge in [-0.05, 0) is 24.4 Å². The van der Waals surface area contributed by atoms with Crippen molar-refractivity contribution in [2.24, 2.45) is 0 Å². The largest absolute Gasteiger partial charge is 0.485 e. The lowest BCUT2D eigenvalue weighted by Gasteiger charge is -2.03. The van der Waals surface area contributed by atoms with Crippen LogP contribution in [0.15, 0.2) is 47.4 Å². The van der Waals surface area contributed by atoms with Gasteiger partial charge in [0.2, 0.25) is 4.71 Å². The molecule has 0 bridgehead atoms. The van der Waals surface area contributed by atoms with Gasteiger partial charge in [-0.1, -0.05) is 30.9 Å². The fourth-order valence-electron chi connectivity index (χ4n) is 1.29. The number of hydrogen-bond acceptors (Lipinski definition) is 3. The van der Waals surface area contributed by atoms with Crippen LogP contribution in [-0.2, 0) is 0 Å². The van der Waals surface area contributed by atoms with Gasteiger partial charge in [0.05, 0.1) is 0 Å². The molecule has 1 heterocycles. The van der Waals surface area contributed by atoms with Crippen LogP contribution in [-0.4, -0.2) is 6.61 Å². The van der Waals surface area contributed by atoms with Crippen molar-refractivity contribution in [3.05, 3.63) is 47.7 Å². The molecule has 76 valence electrons. The third kappa shape index (κ3) is 2.07. The summed E-state index contributed by atoms with van der Waals surface area (Å²) in [5.74, 6) is 0.587. The first-order valence-corrected chi connectivity index (χ1v) is 4.98. The van der Waals surface area contributed by atoms with Crippen LogP contribution in [0, 0.1) is 4.71 Å². The van der Waals surface area contributed by atoms with Crippen LogP contribution in [0.25, 0.3) is 11.0 Å². The van der Waals surface area contributed by atoms with Gasteiger partial charge >= 0.3 is 0 Å². The highest BCUT2D eigenvalue weighted by Gasteiger charge is 2.01. The Labute approximate surface area is 92.8 Å². The van der Waals surface area contributed by atoms with E-state index in [4.69, 9.17) is 21.4 Å². The topological polar surface area (TPSA) is 22.4 Å². The molecule has 2 aromatic rings. The predicted molar refractivity (Wildman–Crippen MR) is 62.7 cm³/mol. The minimum atomic E-state index is 0.371. The standard InChI is InChI=1S/C12H10O2S/c1-2-7-13-11-8-9-5-3-4-6-10(9)14-12(11)15/h2-6,8H,1,7H2. The van der Waals surface area contributed by atoms with Crippen LogP contribution in [0.5, 0.6) is 5.75 Å². The monoisotopic (exact) mass is 218 g/mol. The van der Waals surface area contributed by atoms with Gasteiger partial charge in [-0.15, -0.1) is 0 Å². The van der Waals surface area contributed by atoms with Crippen LogP contribution >= 0.6 is 12.2 Å².